The van der Waals surface area contributed by atoms with Gasteiger partial charge < -0.3 is 14.9 Å². The Bertz CT molecular complexity index is 721. The van der Waals surface area contributed by atoms with Gasteiger partial charge in [0.15, 0.2) is 5.82 Å². The molecule has 0 radical (unpaired) electrons. The molecule has 2 heterocycles. The molecular weight excluding hydrogens is 327 g/mol. The van der Waals surface area contributed by atoms with Crippen LogP contribution in [-0.2, 0) is 11.3 Å². The minimum Gasteiger partial charge on any atom is -0.480 e. The van der Waals surface area contributed by atoms with Crippen molar-refractivity contribution in [2.24, 2.45) is 5.92 Å². The van der Waals surface area contributed by atoms with Gasteiger partial charge in [-0.1, -0.05) is 17.3 Å². The Kier molecular flexibility index (Phi) is 5.72. The van der Waals surface area contributed by atoms with Crippen molar-refractivity contribution in [2.45, 2.75) is 19.4 Å². The second kappa shape index (κ2) is 8.17. The Morgan fingerprint density at radius 3 is 3.08 bits per heavy atom. The molecule has 2 N–H and O–H groups in total. The number of carboxylic acid groups (broad SMARTS) is 1. The average Bonchev–Trinajstić information content (AvgIpc) is 3.03. The number of nitrogens with zero attached hydrogens (tertiary/aromatic N) is 3. The number of aliphatic carboxylic acids is 1. The van der Waals surface area contributed by atoms with Crippen molar-refractivity contribution in [3.8, 4) is 11.5 Å². The molecule has 1 aliphatic heterocycles. The van der Waals surface area contributed by atoms with Gasteiger partial charge in [0.1, 0.15) is 5.82 Å². The third-order valence-electron chi connectivity index (χ3n) is 4.25. The van der Waals surface area contributed by atoms with Gasteiger partial charge in [0, 0.05) is 6.54 Å². The molecule has 1 aromatic carbocycles. The summed E-state index contributed by atoms with van der Waals surface area (Å²) in [6, 6.07) is 6.31. The topological polar surface area (TPSA) is 91.5 Å². The molecule has 8 heteroatoms. The molecule has 1 unspecified atom stereocenters. The lowest BCUT2D eigenvalue weighted by molar-refractivity contribution is -0.136. The largest absolute Gasteiger partial charge is 0.480 e. The first kappa shape index (κ1) is 17.5. The summed E-state index contributed by atoms with van der Waals surface area (Å²) in [6.45, 7) is 2.96. The average molecular weight is 348 g/mol. The van der Waals surface area contributed by atoms with Gasteiger partial charge in [-0.15, -0.1) is 0 Å². The number of carbonyl (C=O) groups is 1. The van der Waals surface area contributed by atoms with Gasteiger partial charge in [0.05, 0.1) is 18.7 Å². The van der Waals surface area contributed by atoms with Crippen molar-refractivity contribution in [1.29, 1.82) is 0 Å². The zero-order valence-corrected chi connectivity index (χ0v) is 13.8. The summed E-state index contributed by atoms with van der Waals surface area (Å²) in [5.74, 6) is -0.131. The van der Waals surface area contributed by atoms with E-state index in [0.717, 1.165) is 25.9 Å². The van der Waals surface area contributed by atoms with E-state index in [-0.39, 0.29) is 18.3 Å². The molecule has 0 spiro atoms. The van der Waals surface area contributed by atoms with Crippen molar-refractivity contribution in [2.75, 3.05) is 26.2 Å². The number of benzene rings is 1. The predicted octanol–water partition coefficient (Wildman–Crippen LogP) is 1.76. The normalized spacial score (nSPS) is 18.4. The molecule has 0 amide bonds. The lowest BCUT2D eigenvalue weighted by Crippen LogP contribution is -2.40. The fourth-order valence-electron chi connectivity index (χ4n) is 3.11. The quantitative estimate of drug-likeness (QED) is 0.788. The zero-order valence-electron chi connectivity index (χ0n) is 13.8. The van der Waals surface area contributed by atoms with Gasteiger partial charge >= 0.3 is 5.97 Å². The van der Waals surface area contributed by atoms with E-state index in [4.69, 9.17) is 9.63 Å². The first-order chi connectivity index (χ1) is 12.1. The Balaban J connectivity index is 1.55. The highest BCUT2D eigenvalue weighted by Crippen LogP contribution is 2.22. The lowest BCUT2D eigenvalue weighted by atomic mass is 9.98. The zero-order chi connectivity index (χ0) is 17.6. The van der Waals surface area contributed by atoms with Crippen molar-refractivity contribution in [1.82, 2.24) is 20.4 Å². The van der Waals surface area contributed by atoms with E-state index in [1.807, 2.05) is 0 Å². The molecule has 1 aliphatic rings. The summed E-state index contributed by atoms with van der Waals surface area (Å²) in [5, 5.41) is 15.6. The van der Waals surface area contributed by atoms with Gasteiger partial charge in [-0.2, -0.15) is 4.98 Å². The first-order valence-electron chi connectivity index (χ1n) is 8.34. The summed E-state index contributed by atoms with van der Waals surface area (Å²) < 4.78 is 19.0. The standard InChI is InChI=1S/C17H21FN4O3/c18-14-6-2-1-5-13(14)17-20-15(21-25-17)11-22-7-3-4-12(10-22)8-19-9-16(23)24/h1-2,5-6,12,19H,3-4,7-11H2,(H,23,24). The van der Waals surface area contributed by atoms with E-state index in [1.165, 1.54) is 6.07 Å². The molecule has 25 heavy (non-hydrogen) atoms. The van der Waals surface area contributed by atoms with Gasteiger partial charge in [0.2, 0.25) is 0 Å². The SMILES string of the molecule is O=C(O)CNCC1CCCN(Cc2noc(-c3ccccc3F)n2)C1. The summed E-state index contributed by atoms with van der Waals surface area (Å²) in [4.78, 5) is 17.1. The Morgan fingerprint density at radius 1 is 1.44 bits per heavy atom. The second-order valence-corrected chi connectivity index (χ2v) is 6.26. The highest BCUT2D eigenvalue weighted by Gasteiger charge is 2.22. The molecule has 0 aliphatic carbocycles. The van der Waals surface area contributed by atoms with Crippen LogP contribution in [0.5, 0.6) is 0 Å². The summed E-state index contributed by atoms with van der Waals surface area (Å²) in [7, 11) is 0. The van der Waals surface area contributed by atoms with Crippen LogP contribution in [0.15, 0.2) is 28.8 Å². The number of likely N-dealkylation sites (tertiary alicyclic amines) is 1. The number of carboxylic acids is 1. The third kappa shape index (κ3) is 4.83. The molecule has 1 atom stereocenters. The maximum Gasteiger partial charge on any atom is 0.317 e. The van der Waals surface area contributed by atoms with Gasteiger partial charge in [-0.3, -0.25) is 9.69 Å². The van der Waals surface area contributed by atoms with Gasteiger partial charge in [-0.25, -0.2) is 4.39 Å². The number of piperidine rings is 1. The summed E-state index contributed by atoms with van der Waals surface area (Å²) in [5.41, 5.74) is 0.302. The molecule has 7 nitrogen and oxygen atoms in total. The Labute approximate surface area is 144 Å². The fourth-order valence-corrected chi connectivity index (χ4v) is 3.11. The summed E-state index contributed by atoms with van der Waals surface area (Å²) in [6.07, 6.45) is 2.10. The van der Waals surface area contributed by atoms with Crippen LogP contribution in [0.3, 0.4) is 0 Å². The van der Waals surface area contributed by atoms with Crippen molar-refractivity contribution in [3.63, 3.8) is 0 Å². The third-order valence-corrected chi connectivity index (χ3v) is 4.25. The minimum absolute atomic E-state index is 0.0205. The highest BCUT2D eigenvalue weighted by molar-refractivity contribution is 5.68. The van der Waals surface area contributed by atoms with Crippen LogP contribution in [0.25, 0.3) is 11.5 Å². The maximum absolute atomic E-state index is 13.8. The number of aromatic nitrogens is 2. The lowest BCUT2D eigenvalue weighted by Gasteiger charge is -2.31. The number of nitrogens with one attached hydrogen (secondary N) is 1. The monoisotopic (exact) mass is 348 g/mol. The molecule has 1 aromatic heterocycles. The molecular formula is C17H21FN4O3. The van der Waals surface area contributed by atoms with Crippen LogP contribution < -0.4 is 5.32 Å². The van der Waals surface area contributed by atoms with Gasteiger partial charge in [-0.05, 0) is 44.0 Å². The van der Waals surface area contributed by atoms with Crippen LogP contribution in [0.2, 0.25) is 0 Å². The van der Waals surface area contributed by atoms with Crippen LogP contribution >= 0.6 is 0 Å². The molecule has 2 aromatic rings. The van der Waals surface area contributed by atoms with E-state index < -0.39 is 5.97 Å². The number of hydrogen-bond acceptors (Lipinski definition) is 6. The van der Waals surface area contributed by atoms with Crippen LogP contribution in [-0.4, -0.2) is 52.3 Å². The molecule has 0 saturated carbocycles. The van der Waals surface area contributed by atoms with E-state index in [1.54, 1.807) is 18.2 Å². The molecule has 3 rings (SSSR count). The van der Waals surface area contributed by atoms with Crippen molar-refractivity contribution < 1.29 is 18.8 Å². The molecule has 134 valence electrons. The second-order valence-electron chi connectivity index (χ2n) is 6.26. The van der Waals surface area contributed by atoms with Crippen LogP contribution in [0.1, 0.15) is 18.7 Å². The van der Waals surface area contributed by atoms with E-state index in [2.05, 4.69) is 20.4 Å². The Hall–Kier alpha value is -2.32. The van der Waals surface area contributed by atoms with Gasteiger partial charge in [0.25, 0.3) is 5.89 Å². The smallest absolute Gasteiger partial charge is 0.317 e. The highest BCUT2D eigenvalue weighted by atomic mass is 19.1. The molecule has 0 bridgehead atoms. The van der Waals surface area contributed by atoms with E-state index in [9.17, 15) is 9.18 Å². The Morgan fingerprint density at radius 2 is 2.28 bits per heavy atom. The minimum atomic E-state index is -0.847. The van der Waals surface area contributed by atoms with Crippen LogP contribution in [0, 0.1) is 11.7 Å². The van der Waals surface area contributed by atoms with Crippen molar-refractivity contribution in [3.05, 3.63) is 35.9 Å². The fraction of sp³-hybridized carbons (Fsp3) is 0.471. The van der Waals surface area contributed by atoms with Crippen LogP contribution in [0.4, 0.5) is 4.39 Å². The van der Waals surface area contributed by atoms with E-state index >= 15 is 0 Å². The summed E-state index contributed by atoms with van der Waals surface area (Å²) >= 11 is 0. The predicted molar refractivity (Wildman–Crippen MR) is 88.2 cm³/mol. The number of halogens is 1. The first-order valence-corrected chi connectivity index (χ1v) is 8.34. The molecule has 1 saturated heterocycles. The maximum atomic E-state index is 13.8. The number of rotatable bonds is 7. The number of hydrogen-bond donors (Lipinski definition) is 2. The molecule has 1 fully saturated rings. The van der Waals surface area contributed by atoms with Crippen molar-refractivity contribution >= 4 is 5.97 Å². The van der Waals surface area contributed by atoms with E-state index in [0.29, 0.717) is 30.4 Å².